The number of benzene rings is 1. The number of hydrogen-bond donors (Lipinski definition) is 2. The number of nitrogens with one attached hydrogen (secondary N) is 2. The second kappa shape index (κ2) is 5.69. The number of rotatable bonds is 2. The van der Waals surface area contributed by atoms with Crippen LogP contribution in [0.4, 0.5) is 0 Å². The molecule has 2 aromatic rings. The SMILES string of the molecule is O=c1[nH]c2ccc(S(=O)(=O)N3CCCCCC3)cc2[nH]c1=O. The smallest absolute Gasteiger partial charge is 0.314 e. The van der Waals surface area contributed by atoms with Crippen LogP contribution in [0.2, 0.25) is 0 Å². The average molecular weight is 323 g/mol. The van der Waals surface area contributed by atoms with E-state index in [-0.39, 0.29) is 4.90 Å². The molecule has 0 aliphatic carbocycles. The van der Waals surface area contributed by atoms with Gasteiger partial charge in [0.05, 0.1) is 15.9 Å². The fraction of sp³-hybridized carbons (Fsp3) is 0.429. The highest BCUT2D eigenvalue weighted by Crippen LogP contribution is 2.22. The molecule has 0 saturated carbocycles. The highest BCUT2D eigenvalue weighted by Gasteiger charge is 2.25. The van der Waals surface area contributed by atoms with Gasteiger partial charge >= 0.3 is 11.1 Å². The van der Waals surface area contributed by atoms with Crippen molar-refractivity contribution in [2.45, 2.75) is 30.6 Å². The minimum atomic E-state index is -3.58. The normalized spacial score (nSPS) is 17.5. The van der Waals surface area contributed by atoms with Crippen molar-refractivity contribution < 1.29 is 8.42 Å². The molecule has 0 amide bonds. The lowest BCUT2D eigenvalue weighted by Crippen LogP contribution is -2.32. The van der Waals surface area contributed by atoms with Crippen LogP contribution in [0.15, 0.2) is 32.7 Å². The van der Waals surface area contributed by atoms with Gasteiger partial charge in [-0.1, -0.05) is 12.8 Å². The molecule has 8 heteroatoms. The maximum absolute atomic E-state index is 12.7. The third kappa shape index (κ3) is 2.71. The topological polar surface area (TPSA) is 103 Å². The zero-order valence-electron chi connectivity index (χ0n) is 12.0. The Kier molecular flexibility index (Phi) is 3.88. The van der Waals surface area contributed by atoms with Gasteiger partial charge in [-0.2, -0.15) is 4.31 Å². The molecule has 0 spiro atoms. The Balaban J connectivity index is 2.06. The highest BCUT2D eigenvalue weighted by atomic mass is 32.2. The van der Waals surface area contributed by atoms with Crippen molar-refractivity contribution in [2.75, 3.05) is 13.1 Å². The van der Waals surface area contributed by atoms with Crippen molar-refractivity contribution in [1.82, 2.24) is 14.3 Å². The van der Waals surface area contributed by atoms with Crippen molar-refractivity contribution in [3.05, 3.63) is 38.9 Å². The van der Waals surface area contributed by atoms with E-state index in [0.717, 1.165) is 25.7 Å². The molecule has 0 atom stereocenters. The molecular formula is C14H17N3O4S. The first-order chi connectivity index (χ1) is 10.5. The van der Waals surface area contributed by atoms with Crippen molar-refractivity contribution in [2.24, 2.45) is 0 Å². The quantitative estimate of drug-likeness (QED) is 0.797. The zero-order chi connectivity index (χ0) is 15.7. The summed E-state index contributed by atoms with van der Waals surface area (Å²) < 4.78 is 26.9. The van der Waals surface area contributed by atoms with Gasteiger partial charge in [0.25, 0.3) is 0 Å². The minimum Gasteiger partial charge on any atom is -0.316 e. The first kappa shape index (κ1) is 15.0. The van der Waals surface area contributed by atoms with E-state index in [1.54, 1.807) is 0 Å². The van der Waals surface area contributed by atoms with Gasteiger partial charge in [0.1, 0.15) is 0 Å². The second-order valence-electron chi connectivity index (χ2n) is 5.43. The molecule has 1 aromatic heterocycles. The van der Waals surface area contributed by atoms with Crippen LogP contribution < -0.4 is 11.1 Å². The number of aromatic amines is 2. The average Bonchev–Trinajstić information content (AvgIpc) is 2.77. The molecule has 2 N–H and O–H groups in total. The number of aromatic nitrogens is 2. The molecule has 2 heterocycles. The van der Waals surface area contributed by atoms with Crippen LogP contribution in [0.1, 0.15) is 25.7 Å². The van der Waals surface area contributed by atoms with Crippen molar-refractivity contribution in [3.8, 4) is 0 Å². The van der Waals surface area contributed by atoms with Crippen molar-refractivity contribution in [1.29, 1.82) is 0 Å². The van der Waals surface area contributed by atoms with Crippen LogP contribution >= 0.6 is 0 Å². The van der Waals surface area contributed by atoms with E-state index in [2.05, 4.69) is 9.97 Å². The Bertz CT molecular complexity index is 906. The van der Waals surface area contributed by atoms with Gasteiger partial charge in [0.2, 0.25) is 10.0 Å². The molecule has 0 radical (unpaired) electrons. The zero-order valence-corrected chi connectivity index (χ0v) is 12.8. The van der Waals surface area contributed by atoms with Gasteiger partial charge < -0.3 is 9.97 Å². The number of nitrogens with zero attached hydrogens (tertiary/aromatic N) is 1. The summed E-state index contributed by atoms with van der Waals surface area (Å²) in [6, 6.07) is 4.35. The first-order valence-electron chi connectivity index (χ1n) is 7.25. The minimum absolute atomic E-state index is 0.129. The van der Waals surface area contributed by atoms with Crippen LogP contribution in [0, 0.1) is 0 Å². The number of sulfonamides is 1. The Morgan fingerprint density at radius 2 is 1.45 bits per heavy atom. The lowest BCUT2D eigenvalue weighted by molar-refractivity contribution is 0.424. The Labute approximate surface area is 127 Å². The summed E-state index contributed by atoms with van der Waals surface area (Å²) in [6.07, 6.45) is 3.80. The van der Waals surface area contributed by atoms with Crippen molar-refractivity contribution in [3.63, 3.8) is 0 Å². The summed E-state index contributed by atoms with van der Waals surface area (Å²) in [5, 5.41) is 0. The second-order valence-corrected chi connectivity index (χ2v) is 7.37. The van der Waals surface area contributed by atoms with Gasteiger partial charge in [-0.05, 0) is 31.0 Å². The van der Waals surface area contributed by atoms with E-state index >= 15 is 0 Å². The standard InChI is InChI=1S/C14H17N3O4S/c18-13-14(19)16-12-9-10(5-6-11(12)15-13)22(20,21)17-7-3-1-2-4-8-17/h5-6,9H,1-4,7-8H2,(H,15,18)(H,16,19). The van der Waals surface area contributed by atoms with Crippen LogP contribution in [-0.4, -0.2) is 35.8 Å². The van der Waals surface area contributed by atoms with Gasteiger partial charge in [-0.15, -0.1) is 0 Å². The summed E-state index contributed by atoms with van der Waals surface area (Å²) in [7, 11) is -3.58. The lowest BCUT2D eigenvalue weighted by Gasteiger charge is -2.20. The summed E-state index contributed by atoms with van der Waals surface area (Å²) >= 11 is 0. The van der Waals surface area contributed by atoms with Crippen LogP contribution in [0.25, 0.3) is 11.0 Å². The Morgan fingerprint density at radius 3 is 2.09 bits per heavy atom. The number of H-pyrrole nitrogens is 2. The van der Waals surface area contributed by atoms with Gasteiger partial charge in [0, 0.05) is 13.1 Å². The first-order valence-corrected chi connectivity index (χ1v) is 8.69. The maximum Gasteiger partial charge on any atom is 0.314 e. The molecule has 1 fully saturated rings. The van der Waals surface area contributed by atoms with E-state index in [0.29, 0.717) is 24.1 Å². The summed E-state index contributed by atoms with van der Waals surface area (Å²) in [6.45, 7) is 1.03. The monoisotopic (exact) mass is 323 g/mol. The number of hydrogen-bond acceptors (Lipinski definition) is 4. The molecule has 0 bridgehead atoms. The largest absolute Gasteiger partial charge is 0.316 e. The van der Waals surface area contributed by atoms with Gasteiger partial charge in [-0.3, -0.25) is 9.59 Å². The molecule has 1 aromatic carbocycles. The van der Waals surface area contributed by atoms with E-state index < -0.39 is 21.1 Å². The van der Waals surface area contributed by atoms with Crippen LogP contribution in [-0.2, 0) is 10.0 Å². The Morgan fingerprint density at radius 1 is 0.864 bits per heavy atom. The fourth-order valence-electron chi connectivity index (χ4n) is 2.69. The van der Waals surface area contributed by atoms with Gasteiger partial charge in [-0.25, -0.2) is 8.42 Å². The van der Waals surface area contributed by atoms with Crippen LogP contribution in [0.3, 0.4) is 0 Å². The molecule has 7 nitrogen and oxygen atoms in total. The maximum atomic E-state index is 12.7. The van der Waals surface area contributed by atoms with Crippen molar-refractivity contribution >= 4 is 21.1 Å². The lowest BCUT2D eigenvalue weighted by atomic mass is 10.2. The highest BCUT2D eigenvalue weighted by molar-refractivity contribution is 7.89. The van der Waals surface area contributed by atoms with E-state index in [1.165, 1.54) is 22.5 Å². The molecule has 22 heavy (non-hydrogen) atoms. The van der Waals surface area contributed by atoms with Crippen LogP contribution in [0.5, 0.6) is 0 Å². The third-order valence-electron chi connectivity index (χ3n) is 3.90. The molecular weight excluding hydrogens is 306 g/mol. The molecule has 1 saturated heterocycles. The van der Waals surface area contributed by atoms with E-state index in [1.807, 2.05) is 0 Å². The van der Waals surface area contributed by atoms with E-state index in [9.17, 15) is 18.0 Å². The summed E-state index contributed by atoms with van der Waals surface area (Å²) in [4.78, 5) is 27.6. The summed E-state index contributed by atoms with van der Waals surface area (Å²) in [5.74, 6) is 0. The van der Waals surface area contributed by atoms with E-state index in [4.69, 9.17) is 0 Å². The summed E-state index contributed by atoms with van der Waals surface area (Å²) in [5.41, 5.74) is -0.840. The molecule has 1 aliphatic heterocycles. The Hall–Kier alpha value is -1.93. The van der Waals surface area contributed by atoms with Gasteiger partial charge in [0.15, 0.2) is 0 Å². The molecule has 3 rings (SSSR count). The molecule has 1 aliphatic rings. The molecule has 0 unspecified atom stereocenters. The number of fused-ring (bicyclic) bond motifs is 1. The predicted octanol–water partition coefficient (Wildman–Crippen LogP) is 0.781. The predicted molar refractivity (Wildman–Crippen MR) is 82.4 cm³/mol. The fourth-order valence-corrected chi connectivity index (χ4v) is 4.23. The molecule has 118 valence electrons. The third-order valence-corrected chi connectivity index (χ3v) is 5.79.